The molecule has 0 fully saturated rings. The van der Waals surface area contributed by atoms with Crippen molar-refractivity contribution in [3.8, 4) is 23.3 Å². The molecular weight excluding hydrogens is 298 g/mol. The smallest absolute Gasteiger partial charge is 0.165 e. The summed E-state index contributed by atoms with van der Waals surface area (Å²) in [5, 5.41) is 21.3. The average Bonchev–Trinajstić information content (AvgIpc) is 2.50. The average molecular weight is 323 g/mol. The molecule has 0 heterocycles. The third-order valence-electron chi connectivity index (χ3n) is 3.61. The van der Waals surface area contributed by atoms with Crippen molar-refractivity contribution < 1.29 is 10.2 Å². The van der Waals surface area contributed by atoms with Gasteiger partial charge in [0.1, 0.15) is 0 Å². The molecule has 3 nitrogen and oxygen atoms in total. The van der Waals surface area contributed by atoms with Crippen molar-refractivity contribution in [3.63, 3.8) is 0 Å². The zero-order valence-electron chi connectivity index (χ0n) is 14.8. The van der Waals surface area contributed by atoms with E-state index in [-0.39, 0.29) is 16.9 Å². The van der Waals surface area contributed by atoms with Crippen LogP contribution in [0.2, 0.25) is 0 Å². The fourth-order valence-electron chi connectivity index (χ4n) is 2.44. The number of aromatic hydroxyl groups is 2. The number of benzene rings is 2. The minimum absolute atomic E-state index is 0.0206. The molecule has 24 heavy (non-hydrogen) atoms. The van der Waals surface area contributed by atoms with Crippen molar-refractivity contribution in [1.29, 1.82) is 0 Å². The second kappa shape index (κ2) is 7.42. The van der Waals surface area contributed by atoms with Gasteiger partial charge in [0.25, 0.3) is 0 Å². The number of hydrogen-bond donors (Lipinski definition) is 2. The number of phenolic OH excluding ortho intramolecular Hbond substituents is 2. The monoisotopic (exact) mass is 323 g/mol. The van der Waals surface area contributed by atoms with Crippen molar-refractivity contribution in [2.45, 2.75) is 27.3 Å². The number of likely N-dealkylation sites (N-methyl/N-ethyl adjacent to an activating group) is 1. The Morgan fingerprint density at radius 2 is 1.83 bits per heavy atom. The van der Waals surface area contributed by atoms with Crippen molar-refractivity contribution >= 4 is 10.8 Å². The molecule has 0 unspecified atom stereocenters. The Balaban J connectivity index is 2.08. The second-order valence-electron chi connectivity index (χ2n) is 7.06. The van der Waals surface area contributed by atoms with Crippen LogP contribution in [0.1, 0.15) is 26.3 Å². The van der Waals surface area contributed by atoms with Crippen molar-refractivity contribution in [2.24, 2.45) is 5.41 Å². The molecule has 126 valence electrons. The molecule has 0 saturated carbocycles. The summed E-state index contributed by atoms with van der Waals surface area (Å²) in [5.74, 6) is 6.09. The van der Waals surface area contributed by atoms with Gasteiger partial charge in [0.2, 0.25) is 0 Å². The molecule has 0 bridgehead atoms. The molecule has 0 spiro atoms. The molecule has 0 aliphatic rings. The zero-order chi connectivity index (χ0) is 17.7. The fourth-order valence-corrected chi connectivity index (χ4v) is 2.44. The lowest BCUT2D eigenvalue weighted by Gasteiger charge is -2.16. The van der Waals surface area contributed by atoms with Gasteiger partial charge in [-0.15, -0.1) is 0 Å². The summed E-state index contributed by atoms with van der Waals surface area (Å²) in [6.45, 7) is 7.81. The van der Waals surface area contributed by atoms with E-state index in [1.807, 2.05) is 43.5 Å². The van der Waals surface area contributed by atoms with E-state index < -0.39 is 0 Å². The molecule has 0 aliphatic heterocycles. The van der Waals surface area contributed by atoms with Crippen LogP contribution in [0.5, 0.6) is 11.5 Å². The third-order valence-corrected chi connectivity index (χ3v) is 3.61. The molecular formula is C21H25NO2. The fraction of sp³-hybridized carbons (Fsp3) is 0.333. The van der Waals surface area contributed by atoms with Gasteiger partial charge in [0.05, 0.1) is 0 Å². The van der Waals surface area contributed by atoms with Gasteiger partial charge in [-0.05, 0) is 50.9 Å². The molecule has 0 atom stereocenters. The molecule has 0 aromatic heterocycles. The van der Waals surface area contributed by atoms with E-state index in [0.29, 0.717) is 5.39 Å². The first kappa shape index (κ1) is 17.9. The Bertz CT molecular complexity index is 804. The van der Waals surface area contributed by atoms with Crippen LogP contribution in [0, 0.1) is 17.3 Å². The Kier molecular flexibility index (Phi) is 5.54. The van der Waals surface area contributed by atoms with E-state index in [4.69, 9.17) is 0 Å². The highest BCUT2D eigenvalue weighted by Gasteiger charge is 2.09. The minimum atomic E-state index is -0.0895. The summed E-state index contributed by atoms with van der Waals surface area (Å²) in [7, 11) is 2.04. The first-order valence-corrected chi connectivity index (χ1v) is 8.07. The van der Waals surface area contributed by atoms with Crippen LogP contribution in [-0.2, 0) is 6.54 Å². The topological polar surface area (TPSA) is 43.7 Å². The maximum absolute atomic E-state index is 9.99. The maximum Gasteiger partial charge on any atom is 0.165 e. The molecule has 0 radical (unpaired) electrons. The quantitative estimate of drug-likeness (QED) is 0.652. The SMILES string of the molecule is CN(C/C=C/C#CC(C)(C)C)Cc1cccc2c(O)c(O)ccc12. The van der Waals surface area contributed by atoms with E-state index in [9.17, 15) is 10.2 Å². The highest BCUT2D eigenvalue weighted by molar-refractivity contribution is 5.92. The molecule has 3 heteroatoms. The van der Waals surface area contributed by atoms with Gasteiger partial charge in [-0.25, -0.2) is 0 Å². The normalized spacial score (nSPS) is 11.9. The summed E-state index contributed by atoms with van der Waals surface area (Å²) in [6, 6.07) is 9.13. The first-order valence-electron chi connectivity index (χ1n) is 8.07. The highest BCUT2D eigenvalue weighted by Crippen LogP contribution is 2.34. The largest absolute Gasteiger partial charge is 0.504 e. The van der Waals surface area contributed by atoms with E-state index in [2.05, 4.69) is 37.5 Å². The zero-order valence-corrected chi connectivity index (χ0v) is 14.8. The van der Waals surface area contributed by atoms with Crippen molar-refractivity contribution in [1.82, 2.24) is 4.90 Å². The van der Waals surface area contributed by atoms with E-state index in [0.717, 1.165) is 24.0 Å². The molecule has 2 aromatic carbocycles. The standard InChI is InChI=1S/C21H25NO2/c1-21(2,3)13-6-5-7-14-22(4)15-16-9-8-10-18-17(16)11-12-19(23)20(18)24/h5,7-12,23-24H,14-15H2,1-4H3/b7-5+. The van der Waals surface area contributed by atoms with Gasteiger partial charge in [-0.1, -0.05) is 42.2 Å². The first-order chi connectivity index (χ1) is 11.3. The van der Waals surface area contributed by atoms with Crippen molar-refractivity contribution in [3.05, 3.63) is 48.0 Å². The lowest BCUT2D eigenvalue weighted by atomic mass is 9.98. The molecule has 0 amide bonds. The van der Waals surface area contributed by atoms with Crippen LogP contribution in [0.3, 0.4) is 0 Å². The summed E-state index contributed by atoms with van der Waals surface area (Å²) in [5.41, 5.74) is 1.13. The van der Waals surface area contributed by atoms with Gasteiger partial charge in [-0.3, -0.25) is 4.90 Å². The lowest BCUT2D eigenvalue weighted by Crippen LogP contribution is -2.17. The predicted molar refractivity (Wildman–Crippen MR) is 100.0 cm³/mol. The highest BCUT2D eigenvalue weighted by atomic mass is 16.3. The van der Waals surface area contributed by atoms with Crippen molar-refractivity contribution in [2.75, 3.05) is 13.6 Å². The van der Waals surface area contributed by atoms with Gasteiger partial charge in [0.15, 0.2) is 11.5 Å². The summed E-state index contributed by atoms with van der Waals surface area (Å²) in [4.78, 5) is 2.17. The van der Waals surface area contributed by atoms with Crippen LogP contribution in [0.15, 0.2) is 42.5 Å². The Morgan fingerprint density at radius 1 is 1.08 bits per heavy atom. The number of rotatable bonds is 4. The van der Waals surface area contributed by atoms with Crippen LogP contribution in [0.25, 0.3) is 10.8 Å². The van der Waals surface area contributed by atoms with E-state index in [1.165, 1.54) is 6.07 Å². The molecule has 0 aliphatic carbocycles. The second-order valence-corrected chi connectivity index (χ2v) is 7.06. The van der Waals surface area contributed by atoms with Gasteiger partial charge >= 0.3 is 0 Å². The predicted octanol–water partition coefficient (Wildman–Crippen LogP) is 4.29. The Morgan fingerprint density at radius 3 is 2.54 bits per heavy atom. The summed E-state index contributed by atoms with van der Waals surface area (Å²) < 4.78 is 0. The Hall–Kier alpha value is -2.44. The van der Waals surface area contributed by atoms with Gasteiger partial charge in [-0.2, -0.15) is 0 Å². The number of fused-ring (bicyclic) bond motifs is 1. The minimum Gasteiger partial charge on any atom is -0.504 e. The van der Waals surface area contributed by atoms with Gasteiger partial charge in [0, 0.05) is 23.9 Å². The number of nitrogens with zero attached hydrogens (tertiary/aromatic N) is 1. The lowest BCUT2D eigenvalue weighted by molar-refractivity contribution is 0.365. The van der Waals surface area contributed by atoms with E-state index >= 15 is 0 Å². The third kappa shape index (κ3) is 4.78. The number of phenols is 2. The molecule has 0 saturated heterocycles. The number of allylic oxidation sites excluding steroid dienone is 1. The Labute approximate surface area is 144 Å². The van der Waals surface area contributed by atoms with Crippen LogP contribution in [0.4, 0.5) is 0 Å². The summed E-state index contributed by atoms with van der Waals surface area (Å²) >= 11 is 0. The summed E-state index contributed by atoms with van der Waals surface area (Å²) in [6.07, 6.45) is 3.95. The van der Waals surface area contributed by atoms with E-state index in [1.54, 1.807) is 0 Å². The molecule has 2 N–H and O–H groups in total. The maximum atomic E-state index is 9.99. The van der Waals surface area contributed by atoms with Crippen LogP contribution < -0.4 is 0 Å². The molecule has 2 aromatic rings. The van der Waals surface area contributed by atoms with Crippen LogP contribution >= 0.6 is 0 Å². The van der Waals surface area contributed by atoms with Crippen LogP contribution in [-0.4, -0.2) is 28.7 Å². The number of hydrogen-bond acceptors (Lipinski definition) is 3. The molecule has 2 rings (SSSR count). The van der Waals surface area contributed by atoms with Gasteiger partial charge < -0.3 is 10.2 Å².